The van der Waals surface area contributed by atoms with Crippen molar-refractivity contribution < 1.29 is 23.9 Å². The molecule has 3 rings (SSSR count). The summed E-state index contributed by atoms with van der Waals surface area (Å²) in [6.45, 7) is 4.24. The van der Waals surface area contributed by atoms with Crippen LogP contribution in [0.1, 0.15) is 42.6 Å². The lowest BCUT2D eigenvalue weighted by Crippen LogP contribution is -2.48. The molecule has 0 saturated carbocycles. The van der Waals surface area contributed by atoms with Gasteiger partial charge in [-0.1, -0.05) is 56.3 Å². The van der Waals surface area contributed by atoms with Gasteiger partial charge in [-0.2, -0.15) is 0 Å². The number of hydrogen-bond donors (Lipinski definition) is 4. The molecule has 2 aromatic rings. The van der Waals surface area contributed by atoms with Gasteiger partial charge in [-0.05, 0) is 36.5 Å². The van der Waals surface area contributed by atoms with Crippen LogP contribution in [0.25, 0.3) is 0 Å². The van der Waals surface area contributed by atoms with E-state index in [0.29, 0.717) is 18.7 Å². The number of carbonyl (C=O) groups is 4. The smallest absolute Gasteiger partial charge is 0.255 e. The van der Waals surface area contributed by atoms with Gasteiger partial charge >= 0.3 is 0 Å². The lowest BCUT2D eigenvalue weighted by atomic mass is 10.1. The first-order valence-electron chi connectivity index (χ1n) is 12.2. The summed E-state index contributed by atoms with van der Waals surface area (Å²) in [5, 5.41) is 11.1. The predicted octanol–water partition coefficient (Wildman–Crippen LogP) is 1.57. The zero-order chi connectivity index (χ0) is 25.9. The van der Waals surface area contributed by atoms with Gasteiger partial charge in [-0.15, -0.1) is 0 Å². The Morgan fingerprint density at radius 2 is 1.72 bits per heavy atom. The van der Waals surface area contributed by atoms with Gasteiger partial charge in [0.05, 0.1) is 18.2 Å². The van der Waals surface area contributed by atoms with Crippen molar-refractivity contribution in [2.45, 2.75) is 45.2 Å². The number of fused-ring (bicyclic) bond motifs is 1. The van der Waals surface area contributed by atoms with Crippen LogP contribution < -0.4 is 26.0 Å². The lowest BCUT2D eigenvalue weighted by Gasteiger charge is -2.23. The second-order valence-electron chi connectivity index (χ2n) is 9.09. The third-order valence-corrected chi connectivity index (χ3v) is 5.98. The quantitative estimate of drug-likeness (QED) is 0.502. The third kappa shape index (κ3) is 8.11. The Hall–Kier alpha value is -3.88. The molecular weight excluding hydrogens is 460 g/mol. The fourth-order valence-corrected chi connectivity index (χ4v) is 3.76. The standard InChI is InChI=1S/C27H34N4O5/c1-18(2)22-17-36-23-11-7-6-10-20(23)26(34)31-21(12-13-24(32)29-16-25(33)30-22)27(35)28-15-14-19-8-4-3-5-9-19/h3-11,18,21-22H,12-17H2,1-2H3,(H,28,35)(H,29,32)(H,30,33)(H,31,34)/t21-,22+/m0/s1. The molecule has 0 saturated heterocycles. The van der Waals surface area contributed by atoms with E-state index in [9.17, 15) is 19.2 Å². The van der Waals surface area contributed by atoms with E-state index < -0.39 is 11.9 Å². The van der Waals surface area contributed by atoms with Gasteiger partial charge in [0.1, 0.15) is 18.4 Å². The summed E-state index contributed by atoms with van der Waals surface area (Å²) in [6.07, 6.45) is 0.681. The molecule has 4 N–H and O–H groups in total. The van der Waals surface area contributed by atoms with Crippen LogP contribution in [0.4, 0.5) is 0 Å². The Bertz CT molecular complexity index is 1060. The van der Waals surface area contributed by atoms with E-state index in [0.717, 1.165) is 5.56 Å². The summed E-state index contributed by atoms with van der Waals surface area (Å²) in [7, 11) is 0. The van der Waals surface area contributed by atoms with Crippen molar-refractivity contribution in [2.75, 3.05) is 19.7 Å². The first kappa shape index (κ1) is 26.7. The molecule has 0 fully saturated rings. The van der Waals surface area contributed by atoms with Crippen LogP contribution in [0.5, 0.6) is 5.75 Å². The Morgan fingerprint density at radius 1 is 1.00 bits per heavy atom. The van der Waals surface area contributed by atoms with Crippen LogP contribution in [0.3, 0.4) is 0 Å². The fourth-order valence-electron chi connectivity index (χ4n) is 3.76. The molecule has 9 nitrogen and oxygen atoms in total. The van der Waals surface area contributed by atoms with Crippen molar-refractivity contribution in [1.82, 2.24) is 21.3 Å². The maximum absolute atomic E-state index is 13.2. The normalized spacial score (nSPS) is 19.5. The zero-order valence-electron chi connectivity index (χ0n) is 20.7. The molecule has 2 aromatic carbocycles. The molecule has 192 valence electrons. The van der Waals surface area contributed by atoms with Gasteiger partial charge in [0, 0.05) is 13.0 Å². The summed E-state index contributed by atoms with van der Waals surface area (Å²) < 4.78 is 5.92. The van der Waals surface area contributed by atoms with Crippen LogP contribution in [0.2, 0.25) is 0 Å². The maximum atomic E-state index is 13.2. The number of nitrogens with one attached hydrogen (secondary N) is 4. The molecule has 0 radical (unpaired) electrons. The topological polar surface area (TPSA) is 126 Å². The fraction of sp³-hybridized carbons (Fsp3) is 0.407. The van der Waals surface area contributed by atoms with Crippen LogP contribution in [0, 0.1) is 5.92 Å². The first-order chi connectivity index (χ1) is 17.3. The lowest BCUT2D eigenvalue weighted by molar-refractivity contribution is -0.127. The summed E-state index contributed by atoms with van der Waals surface area (Å²) in [6, 6.07) is 15.2. The minimum absolute atomic E-state index is 0.0317. The first-order valence-corrected chi connectivity index (χ1v) is 12.2. The van der Waals surface area contributed by atoms with Crippen molar-refractivity contribution in [3.05, 3.63) is 65.7 Å². The Balaban J connectivity index is 1.76. The van der Waals surface area contributed by atoms with Gasteiger partial charge in [0.25, 0.3) is 5.91 Å². The molecule has 2 atom stereocenters. The number of rotatable bonds is 5. The highest BCUT2D eigenvalue weighted by atomic mass is 16.5. The van der Waals surface area contributed by atoms with Crippen molar-refractivity contribution in [3.8, 4) is 5.75 Å². The highest BCUT2D eigenvalue weighted by molar-refractivity contribution is 5.99. The number of carbonyl (C=O) groups excluding carboxylic acids is 4. The van der Waals surface area contributed by atoms with E-state index in [1.54, 1.807) is 24.3 Å². The molecular formula is C27H34N4O5. The van der Waals surface area contributed by atoms with Gasteiger partial charge < -0.3 is 26.0 Å². The molecule has 0 spiro atoms. The molecule has 1 aliphatic heterocycles. The van der Waals surface area contributed by atoms with Gasteiger partial charge in [-0.3, -0.25) is 19.2 Å². The number of hydrogen-bond acceptors (Lipinski definition) is 5. The average Bonchev–Trinajstić information content (AvgIpc) is 2.87. The maximum Gasteiger partial charge on any atom is 0.255 e. The molecule has 0 aliphatic carbocycles. The van der Waals surface area contributed by atoms with Crippen LogP contribution in [-0.2, 0) is 20.8 Å². The Labute approximate surface area is 211 Å². The highest BCUT2D eigenvalue weighted by Gasteiger charge is 2.25. The minimum Gasteiger partial charge on any atom is -0.491 e. The van der Waals surface area contributed by atoms with Crippen molar-refractivity contribution >= 4 is 23.6 Å². The Kier molecular flexibility index (Phi) is 9.85. The number of ether oxygens (including phenoxy) is 1. The van der Waals surface area contributed by atoms with E-state index >= 15 is 0 Å². The second-order valence-corrected chi connectivity index (χ2v) is 9.09. The van der Waals surface area contributed by atoms with Crippen LogP contribution >= 0.6 is 0 Å². The van der Waals surface area contributed by atoms with Crippen molar-refractivity contribution in [2.24, 2.45) is 5.92 Å². The van der Waals surface area contributed by atoms with E-state index in [2.05, 4.69) is 21.3 Å². The van der Waals surface area contributed by atoms with E-state index in [-0.39, 0.29) is 61.2 Å². The SMILES string of the molecule is CC(C)[C@H]1COc2ccccc2C(=O)N[C@H](C(=O)NCCc2ccccc2)CCC(=O)NCC(=O)N1. The number of amides is 4. The van der Waals surface area contributed by atoms with E-state index in [1.165, 1.54) is 0 Å². The predicted molar refractivity (Wildman–Crippen MR) is 135 cm³/mol. The molecule has 0 unspecified atom stereocenters. The van der Waals surface area contributed by atoms with Gasteiger partial charge in [-0.25, -0.2) is 0 Å². The van der Waals surface area contributed by atoms with Crippen molar-refractivity contribution in [1.29, 1.82) is 0 Å². The molecule has 4 amide bonds. The summed E-state index contributed by atoms with van der Waals surface area (Å²) in [4.78, 5) is 50.9. The number of benzene rings is 2. The van der Waals surface area contributed by atoms with Gasteiger partial charge in [0.2, 0.25) is 17.7 Å². The monoisotopic (exact) mass is 494 g/mol. The van der Waals surface area contributed by atoms with E-state index in [4.69, 9.17) is 4.74 Å². The molecule has 0 aromatic heterocycles. The van der Waals surface area contributed by atoms with Crippen LogP contribution in [-0.4, -0.2) is 55.4 Å². The van der Waals surface area contributed by atoms with E-state index in [1.807, 2.05) is 44.2 Å². The Morgan fingerprint density at radius 3 is 2.47 bits per heavy atom. The summed E-state index contributed by atoms with van der Waals surface area (Å²) >= 11 is 0. The third-order valence-electron chi connectivity index (χ3n) is 5.98. The molecule has 1 heterocycles. The summed E-state index contributed by atoms with van der Waals surface area (Å²) in [5.74, 6) is -1.17. The minimum atomic E-state index is -0.936. The molecule has 0 bridgehead atoms. The van der Waals surface area contributed by atoms with Crippen molar-refractivity contribution in [3.63, 3.8) is 0 Å². The summed E-state index contributed by atoms with van der Waals surface area (Å²) in [5.41, 5.74) is 1.35. The largest absolute Gasteiger partial charge is 0.491 e. The average molecular weight is 495 g/mol. The molecule has 36 heavy (non-hydrogen) atoms. The van der Waals surface area contributed by atoms with Gasteiger partial charge in [0.15, 0.2) is 0 Å². The van der Waals surface area contributed by atoms with Crippen LogP contribution in [0.15, 0.2) is 54.6 Å². The zero-order valence-corrected chi connectivity index (χ0v) is 20.7. The number of para-hydroxylation sites is 1. The molecule has 9 heteroatoms. The highest BCUT2D eigenvalue weighted by Crippen LogP contribution is 2.19. The molecule has 1 aliphatic rings. The second kappa shape index (κ2) is 13.3.